The number of esters is 1. The Bertz CT molecular complexity index is 760. The van der Waals surface area contributed by atoms with Crippen LogP contribution in [0.3, 0.4) is 0 Å². The molecular formula is C14H16N2O7S. The van der Waals surface area contributed by atoms with E-state index in [0.29, 0.717) is 6.42 Å². The third kappa shape index (κ3) is 5.01. The summed E-state index contributed by atoms with van der Waals surface area (Å²) in [6, 6.07) is 5.27. The van der Waals surface area contributed by atoms with Gasteiger partial charge in [0.1, 0.15) is 0 Å². The Morgan fingerprint density at radius 3 is 2.67 bits per heavy atom. The van der Waals surface area contributed by atoms with Crippen molar-refractivity contribution < 1.29 is 27.7 Å². The van der Waals surface area contributed by atoms with Crippen LogP contribution in [0, 0.1) is 10.1 Å². The van der Waals surface area contributed by atoms with E-state index in [1.54, 1.807) is 6.07 Å². The van der Waals surface area contributed by atoms with Gasteiger partial charge in [0.2, 0.25) is 0 Å². The van der Waals surface area contributed by atoms with E-state index >= 15 is 0 Å². The molecule has 1 aliphatic heterocycles. The molecule has 1 heterocycles. The van der Waals surface area contributed by atoms with Crippen LogP contribution in [0.1, 0.15) is 12.0 Å². The molecule has 0 saturated carbocycles. The summed E-state index contributed by atoms with van der Waals surface area (Å²) in [5.74, 6) is -1.48. The first kappa shape index (κ1) is 17.9. The minimum atomic E-state index is -3.11. The highest BCUT2D eigenvalue weighted by atomic mass is 32.2. The van der Waals surface area contributed by atoms with Crippen molar-refractivity contribution in [2.75, 3.05) is 18.1 Å². The van der Waals surface area contributed by atoms with E-state index in [4.69, 9.17) is 4.74 Å². The number of hydrogen-bond donors (Lipinski definition) is 1. The van der Waals surface area contributed by atoms with Gasteiger partial charge in [-0.1, -0.05) is 18.2 Å². The number of carbonyl (C=O) groups is 2. The first-order chi connectivity index (χ1) is 11.3. The summed E-state index contributed by atoms with van der Waals surface area (Å²) >= 11 is 0. The molecule has 0 unspecified atom stereocenters. The maximum atomic E-state index is 11.7. The normalized spacial score (nSPS) is 18.8. The number of ether oxygens (including phenoxy) is 1. The summed E-state index contributed by atoms with van der Waals surface area (Å²) in [6.45, 7) is -0.560. The molecule has 1 atom stereocenters. The minimum absolute atomic E-state index is 0.0232. The molecule has 0 spiro atoms. The Kier molecular flexibility index (Phi) is 5.50. The predicted octanol–water partition coefficient (Wildman–Crippen LogP) is -0.0162. The molecule has 130 valence electrons. The van der Waals surface area contributed by atoms with Gasteiger partial charge in [-0.25, -0.2) is 8.42 Å². The lowest BCUT2D eigenvalue weighted by Gasteiger charge is -2.11. The Hall–Kier alpha value is -2.49. The van der Waals surface area contributed by atoms with Crippen LogP contribution in [-0.2, 0) is 30.6 Å². The molecule has 9 nitrogen and oxygen atoms in total. The Morgan fingerprint density at radius 1 is 1.33 bits per heavy atom. The van der Waals surface area contributed by atoms with Gasteiger partial charge < -0.3 is 10.1 Å². The van der Waals surface area contributed by atoms with Gasteiger partial charge in [0.05, 0.1) is 22.8 Å². The van der Waals surface area contributed by atoms with Crippen molar-refractivity contribution in [1.82, 2.24) is 5.32 Å². The lowest BCUT2D eigenvalue weighted by Crippen LogP contribution is -2.38. The lowest BCUT2D eigenvalue weighted by molar-refractivity contribution is -0.385. The third-order valence-electron chi connectivity index (χ3n) is 3.48. The molecule has 1 amide bonds. The van der Waals surface area contributed by atoms with Crippen molar-refractivity contribution in [3.8, 4) is 0 Å². The fraction of sp³-hybridized carbons (Fsp3) is 0.429. The molecule has 1 aliphatic rings. The zero-order valence-corrected chi connectivity index (χ0v) is 13.5. The number of nitrogens with zero attached hydrogens (tertiary/aromatic N) is 1. The summed E-state index contributed by atoms with van der Waals surface area (Å²) in [7, 11) is -3.11. The number of nitro groups is 1. The highest BCUT2D eigenvalue weighted by Crippen LogP contribution is 2.18. The molecule has 1 aromatic carbocycles. The van der Waals surface area contributed by atoms with Crippen molar-refractivity contribution in [2.24, 2.45) is 0 Å². The van der Waals surface area contributed by atoms with Gasteiger partial charge >= 0.3 is 5.97 Å². The Labute approximate surface area is 138 Å². The first-order valence-corrected chi connectivity index (χ1v) is 8.97. The molecular weight excluding hydrogens is 340 g/mol. The lowest BCUT2D eigenvalue weighted by atomic mass is 10.1. The van der Waals surface area contributed by atoms with Gasteiger partial charge in [-0.2, -0.15) is 0 Å². The number of benzene rings is 1. The molecule has 2 rings (SSSR count). The fourth-order valence-electron chi connectivity index (χ4n) is 2.37. The maximum absolute atomic E-state index is 11.7. The van der Waals surface area contributed by atoms with Gasteiger partial charge in [-0.05, 0) is 6.42 Å². The quantitative estimate of drug-likeness (QED) is 0.430. The topological polar surface area (TPSA) is 133 Å². The largest absolute Gasteiger partial charge is 0.455 e. The molecule has 24 heavy (non-hydrogen) atoms. The predicted molar refractivity (Wildman–Crippen MR) is 83.0 cm³/mol. The average Bonchev–Trinajstić information content (AvgIpc) is 2.84. The van der Waals surface area contributed by atoms with Crippen molar-refractivity contribution in [3.05, 3.63) is 39.9 Å². The summed E-state index contributed by atoms with van der Waals surface area (Å²) in [5, 5.41) is 13.3. The SMILES string of the molecule is O=C(COC(=O)Cc1ccccc1[N+](=O)[O-])N[C@H]1CCS(=O)(=O)C1. The zero-order chi connectivity index (χ0) is 17.7. The second kappa shape index (κ2) is 7.39. The molecule has 0 aliphatic carbocycles. The van der Waals surface area contributed by atoms with Crippen LogP contribution < -0.4 is 5.32 Å². The third-order valence-corrected chi connectivity index (χ3v) is 5.25. The molecule has 0 radical (unpaired) electrons. The highest BCUT2D eigenvalue weighted by Gasteiger charge is 2.29. The van der Waals surface area contributed by atoms with Gasteiger partial charge in [0, 0.05) is 17.7 Å². The van der Waals surface area contributed by atoms with Crippen LogP contribution in [0.25, 0.3) is 0 Å². The summed E-state index contributed by atoms with van der Waals surface area (Å²) in [4.78, 5) is 33.6. The van der Waals surface area contributed by atoms with E-state index in [-0.39, 0.29) is 29.2 Å². The molecule has 1 aromatic rings. The van der Waals surface area contributed by atoms with Crippen LogP contribution in [0.15, 0.2) is 24.3 Å². The number of nitro benzene ring substituents is 1. The van der Waals surface area contributed by atoms with Gasteiger partial charge in [0.25, 0.3) is 11.6 Å². The van der Waals surface area contributed by atoms with Gasteiger partial charge in [-0.15, -0.1) is 0 Å². The van der Waals surface area contributed by atoms with Crippen LogP contribution in [0.5, 0.6) is 0 Å². The van der Waals surface area contributed by atoms with E-state index in [1.165, 1.54) is 18.2 Å². The number of rotatable bonds is 6. The minimum Gasteiger partial charge on any atom is -0.455 e. The molecule has 0 bridgehead atoms. The average molecular weight is 356 g/mol. The number of carbonyl (C=O) groups excluding carboxylic acids is 2. The Morgan fingerprint density at radius 2 is 2.04 bits per heavy atom. The maximum Gasteiger partial charge on any atom is 0.311 e. The van der Waals surface area contributed by atoms with Gasteiger partial charge in [-0.3, -0.25) is 19.7 Å². The van der Waals surface area contributed by atoms with E-state index in [2.05, 4.69) is 5.32 Å². The smallest absolute Gasteiger partial charge is 0.311 e. The van der Waals surface area contributed by atoms with Crippen molar-refractivity contribution in [3.63, 3.8) is 0 Å². The van der Waals surface area contributed by atoms with Crippen molar-refractivity contribution >= 4 is 27.4 Å². The van der Waals surface area contributed by atoms with E-state index < -0.39 is 39.3 Å². The number of sulfone groups is 1. The van der Waals surface area contributed by atoms with Crippen LogP contribution in [0.2, 0.25) is 0 Å². The number of para-hydroxylation sites is 1. The molecule has 1 saturated heterocycles. The summed E-state index contributed by atoms with van der Waals surface area (Å²) in [5.41, 5.74) is -0.00939. The fourth-order valence-corrected chi connectivity index (χ4v) is 4.04. The standard InChI is InChI=1S/C14H16N2O7S/c17-13(15-11-5-6-24(21,22)9-11)8-23-14(18)7-10-3-1-2-4-12(10)16(19)20/h1-4,11H,5-9H2,(H,15,17)/t11-/m0/s1. The van der Waals surface area contributed by atoms with Crippen LogP contribution >= 0.6 is 0 Å². The second-order valence-corrected chi connectivity index (χ2v) is 7.62. The Balaban J connectivity index is 1.81. The number of nitrogens with one attached hydrogen (secondary N) is 1. The van der Waals surface area contributed by atoms with Crippen molar-refractivity contribution in [2.45, 2.75) is 18.9 Å². The first-order valence-electron chi connectivity index (χ1n) is 7.14. The zero-order valence-electron chi connectivity index (χ0n) is 12.6. The number of amides is 1. The second-order valence-electron chi connectivity index (χ2n) is 5.39. The molecule has 10 heteroatoms. The van der Waals surface area contributed by atoms with Crippen LogP contribution in [0.4, 0.5) is 5.69 Å². The molecule has 1 fully saturated rings. The molecule has 0 aromatic heterocycles. The number of hydrogen-bond acceptors (Lipinski definition) is 7. The highest BCUT2D eigenvalue weighted by molar-refractivity contribution is 7.91. The molecule has 1 N–H and O–H groups in total. The summed E-state index contributed by atoms with van der Waals surface area (Å²) in [6.07, 6.45) is 0.000467. The van der Waals surface area contributed by atoms with E-state index in [0.717, 1.165) is 0 Å². The summed E-state index contributed by atoms with van der Waals surface area (Å²) < 4.78 is 27.4. The van der Waals surface area contributed by atoms with E-state index in [9.17, 15) is 28.1 Å². The van der Waals surface area contributed by atoms with E-state index in [1.807, 2.05) is 0 Å². The van der Waals surface area contributed by atoms with Crippen LogP contribution in [-0.4, -0.2) is 49.4 Å². The van der Waals surface area contributed by atoms with Gasteiger partial charge in [0.15, 0.2) is 16.4 Å². The monoisotopic (exact) mass is 356 g/mol. The van der Waals surface area contributed by atoms with Crippen molar-refractivity contribution in [1.29, 1.82) is 0 Å².